The highest BCUT2D eigenvalue weighted by atomic mass is 16.1. The van der Waals surface area contributed by atoms with Gasteiger partial charge in [0.1, 0.15) is 6.29 Å². The van der Waals surface area contributed by atoms with Crippen molar-refractivity contribution in [1.29, 1.82) is 0 Å². The van der Waals surface area contributed by atoms with E-state index in [1.807, 2.05) is 0 Å². The number of likely N-dealkylation sites (N-methyl/N-ethyl adjacent to an activating group) is 2. The molecule has 3 heteroatoms. The van der Waals surface area contributed by atoms with Gasteiger partial charge in [-0.05, 0) is 40.0 Å². The molecule has 0 aromatic carbocycles. The van der Waals surface area contributed by atoms with Crippen molar-refractivity contribution >= 4 is 6.29 Å². The van der Waals surface area contributed by atoms with Gasteiger partial charge in [0.05, 0.1) is 0 Å². The molecule has 0 spiro atoms. The lowest BCUT2D eigenvalue weighted by Gasteiger charge is -2.22. The summed E-state index contributed by atoms with van der Waals surface area (Å²) >= 11 is 0. The van der Waals surface area contributed by atoms with Crippen LogP contribution in [0.5, 0.6) is 0 Å². The number of carbonyl (C=O) groups is 1. The fourth-order valence-corrected chi connectivity index (χ4v) is 1.51. The van der Waals surface area contributed by atoms with E-state index in [1.165, 1.54) is 19.4 Å². The van der Waals surface area contributed by atoms with E-state index in [4.69, 9.17) is 0 Å². The first-order valence-corrected chi connectivity index (χ1v) is 6.01. The van der Waals surface area contributed by atoms with Crippen molar-refractivity contribution in [3.8, 4) is 0 Å². The number of unbranched alkanes of at least 4 members (excludes halogenated alkanes) is 3. The average Bonchev–Trinajstić information content (AvgIpc) is 2.22. The molecule has 0 unspecified atom stereocenters. The van der Waals surface area contributed by atoms with E-state index in [9.17, 15) is 4.79 Å². The predicted octanol–water partition coefficient (Wildman–Crippen LogP) is 1.63. The van der Waals surface area contributed by atoms with Crippen molar-refractivity contribution < 1.29 is 4.79 Å². The van der Waals surface area contributed by atoms with Gasteiger partial charge in [-0.25, -0.2) is 0 Å². The predicted molar refractivity (Wildman–Crippen MR) is 65.2 cm³/mol. The summed E-state index contributed by atoms with van der Waals surface area (Å²) in [6.45, 7) is 6.78. The number of hydrogen-bond donors (Lipinski definition) is 0. The third-order valence-electron chi connectivity index (χ3n) is 2.61. The summed E-state index contributed by atoms with van der Waals surface area (Å²) in [5.74, 6) is 0. The van der Waals surface area contributed by atoms with Crippen molar-refractivity contribution in [3.63, 3.8) is 0 Å². The van der Waals surface area contributed by atoms with Crippen LogP contribution in [-0.2, 0) is 4.79 Å². The molecule has 0 atom stereocenters. The van der Waals surface area contributed by atoms with E-state index < -0.39 is 0 Å². The Hall–Kier alpha value is -0.410. The Morgan fingerprint density at radius 1 is 1.00 bits per heavy atom. The maximum Gasteiger partial charge on any atom is 0.119 e. The molecule has 3 nitrogen and oxygen atoms in total. The molecule has 0 aromatic rings. The molecule has 0 radical (unpaired) electrons. The van der Waals surface area contributed by atoms with E-state index >= 15 is 0 Å². The molecule has 0 aromatic heterocycles. The molecule has 0 aliphatic carbocycles. The molecule has 0 saturated carbocycles. The second kappa shape index (κ2) is 10.1. The maximum atomic E-state index is 10.1. The van der Waals surface area contributed by atoms with Crippen molar-refractivity contribution in [2.75, 3.05) is 40.3 Å². The Bertz CT molecular complexity index is 149. The van der Waals surface area contributed by atoms with Gasteiger partial charge in [-0.15, -0.1) is 0 Å². The Kier molecular flexibility index (Phi) is 9.84. The monoisotopic (exact) mass is 214 g/mol. The zero-order valence-corrected chi connectivity index (χ0v) is 10.5. The van der Waals surface area contributed by atoms with Crippen LogP contribution in [0.3, 0.4) is 0 Å². The minimum absolute atomic E-state index is 0.726. The highest BCUT2D eigenvalue weighted by Gasteiger charge is 2.01. The number of nitrogens with zero attached hydrogens (tertiary/aromatic N) is 2. The minimum Gasteiger partial charge on any atom is -0.308 e. The van der Waals surface area contributed by atoms with E-state index in [0.29, 0.717) is 0 Å². The molecule has 0 N–H and O–H groups in total. The molecular formula is C12H26N2O. The van der Waals surface area contributed by atoms with Crippen LogP contribution in [0, 0.1) is 0 Å². The topological polar surface area (TPSA) is 23.6 Å². The number of aldehydes is 1. The third kappa shape index (κ3) is 9.88. The van der Waals surface area contributed by atoms with Gasteiger partial charge in [0.2, 0.25) is 0 Å². The molecule has 0 amide bonds. The lowest BCUT2D eigenvalue weighted by atomic mass is 10.2. The van der Waals surface area contributed by atoms with Crippen molar-refractivity contribution in [3.05, 3.63) is 0 Å². The molecule has 90 valence electrons. The number of hydrogen-bond acceptors (Lipinski definition) is 3. The normalized spacial score (nSPS) is 11.3. The van der Waals surface area contributed by atoms with Gasteiger partial charge >= 0.3 is 0 Å². The van der Waals surface area contributed by atoms with E-state index in [-0.39, 0.29) is 0 Å². The van der Waals surface area contributed by atoms with Gasteiger partial charge < -0.3 is 14.6 Å². The van der Waals surface area contributed by atoms with Crippen LogP contribution >= 0.6 is 0 Å². The fraction of sp³-hybridized carbons (Fsp3) is 0.917. The first-order valence-electron chi connectivity index (χ1n) is 6.01. The molecule has 0 fully saturated rings. The van der Waals surface area contributed by atoms with Gasteiger partial charge in [0, 0.05) is 19.5 Å². The summed E-state index contributed by atoms with van der Waals surface area (Å²) in [4.78, 5) is 14.8. The summed E-state index contributed by atoms with van der Waals surface area (Å²) in [5.41, 5.74) is 0. The number of carbonyl (C=O) groups excluding carboxylic acids is 1. The lowest BCUT2D eigenvalue weighted by molar-refractivity contribution is -0.107. The van der Waals surface area contributed by atoms with E-state index in [1.54, 1.807) is 0 Å². The minimum atomic E-state index is 0.726. The van der Waals surface area contributed by atoms with Crippen LogP contribution in [0.2, 0.25) is 0 Å². The quantitative estimate of drug-likeness (QED) is 0.408. The summed E-state index contributed by atoms with van der Waals surface area (Å²) in [6.07, 6.45) is 5.19. The zero-order valence-electron chi connectivity index (χ0n) is 10.5. The standard InChI is InChI=1S/C12H26N2O/c1-4-14(11-10-13(2)3)9-7-5-6-8-12-15/h12H,4-11H2,1-3H3. The van der Waals surface area contributed by atoms with Crippen LogP contribution in [0.25, 0.3) is 0 Å². The van der Waals surface area contributed by atoms with Crippen LogP contribution in [0.1, 0.15) is 32.6 Å². The molecule has 15 heavy (non-hydrogen) atoms. The van der Waals surface area contributed by atoms with Gasteiger partial charge in [0.25, 0.3) is 0 Å². The van der Waals surface area contributed by atoms with E-state index in [0.717, 1.165) is 38.8 Å². The third-order valence-corrected chi connectivity index (χ3v) is 2.61. The van der Waals surface area contributed by atoms with Crippen LogP contribution in [-0.4, -0.2) is 56.4 Å². The molecule has 0 aliphatic rings. The molecule has 0 heterocycles. The molecule has 0 aliphatic heterocycles. The summed E-state index contributed by atoms with van der Waals surface area (Å²) in [7, 11) is 4.22. The van der Waals surface area contributed by atoms with Crippen LogP contribution < -0.4 is 0 Å². The molecule has 0 rings (SSSR count). The average molecular weight is 214 g/mol. The summed E-state index contributed by atoms with van der Waals surface area (Å²) < 4.78 is 0. The molecular weight excluding hydrogens is 188 g/mol. The highest BCUT2D eigenvalue weighted by molar-refractivity contribution is 5.48. The van der Waals surface area contributed by atoms with Gasteiger partial charge in [-0.2, -0.15) is 0 Å². The van der Waals surface area contributed by atoms with Crippen molar-refractivity contribution in [2.45, 2.75) is 32.6 Å². The largest absolute Gasteiger partial charge is 0.308 e. The van der Waals surface area contributed by atoms with Gasteiger partial charge in [-0.3, -0.25) is 0 Å². The second-order valence-electron chi connectivity index (χ2n) is 4.25. The van der Waals surface area contributed by atoms with E-state index in [2.05, 4.69) is 30.8 Å². The Balaban J connectivity index is 3.39. The second-order valence-corrected chi connectivity index (χ2v) is 4.25. The summed E-state index contributed by atoms with van der Waals surface area (Å²) in [5, 5.41) is 0. The lowest BCUT2D eigenvalue weighted by Crippen LogP contribution is -2.32. The van der Waals surface area contributed by atoms with Gasteiger partial charge in [-0.1, -0.05) is 13.3 Å². The van der Waals surface area contributed by atoms with Crippen LogP contribution in [0.15, 0.2) is 0 Å². The molecule has 0 saturated heterocycles. The Labute approximate surface area is 94.4 Å². The number of rotatable bonds is 10. The first-order chi connectivity index (χ1) is 7.20. The Morgan fingerprint density at radius 2 is 1.73 bits per heavy atom. The fourth-order valence-electron chi connectivity index (χ4n) is 1.51. The van der Waals surface area contributed by atoms with Crippen molar-refractivity contribution in [1.82, 2.24) is 9.80 Å². The summed E-state index contributed by atoms with van der Waals surface area (Å²) in [6, 6.07) is 0. The highest BCUT2D eigenvalue weighted by Crippen LogP contribution is 2.00. The first kappa shape index (κ1) is 14.6. The SMILES string of the molecule is CCN(CCCCCC=O)CCN(C)C. The zero-order chi connectivity index (χ0) is 11.5. The van der Waals surface area contributed by atoms with Crippen LogP contribution in [0.4, 0.5) is 0 Å². The smallest absolute Gasteiger partial charge is 0.119 e. The maximum absolute atomic E-state index is 10.1. The van der Waals surface area contributed by atoms with Gasteiger partial charge in [0.15, 0.2) is 0 Å². The molecule has 0 bridgehead atoms. The van der Waals surface area contributed by atoms with Crippen molar-refractivity contribution in [2.24, 2.45) is 0 Å². The Morgan fingerprint density at radius 3 is 2.27 bits per heavy atom.